The fourth-order valence-electron chi connectivity index (χ4n) is 2.83. The number of aryl methyl sites for hydroxylation is 3. The highest BCUT2D eigenvalue weighted by molar-refractivity contribution is 5.77. The van der Waals surface area contributed by atoms with Crippen LogP contribution in [-0.4, -0.2) is 17.4 Å². The van der Waals surface area contributed by atoms with E-state index in [2.05, 4.69) is 0 Å². The van der Waals surface area contributed by atoms with Crippen molar-refractivity contribution in [1.29, 1.82) is 0 Å². The number of amides is 1. The summed E-state index contributed by atoms with van der Waals surface area (Å²) in [6.07, 6.45) is 1.60. The third kappa shape index (κ3) is 4.36. The van der Waals surface area contributed by atoms with Crippen LogP contribution in [-0.2, 0) is 17.9 Å². The van der Waals surface area contributed by atoms with Crippen molar-refractivity contribution < 1.29 is 18.4 Å². The van der Waals surface area contributed by atoms with Crippen LogP contribution in [0.15, 0.2) is 57.6 Å². The maximum Gasteiger partial charge on any atom is 0.261 e. The summed E-state index contributed by atoms with van der Waals surface area (Å²) in [5.74, 6) is 2.89. The SMILES string of the molecule is Cc1ccc(CN(Cc2ccco2)C(=O)COc2c(C)cccc2C)o1. The second kappa shape index (κ2) is 7.95. The van der Waals surface area contributed by atoms with Gasteiger partial charge in [0.15, 0.2) is 6.61 Å². The van der Waals surface area contributed by atoms with E-state index in [0.29, 0.717) is 18.8 Å². The number of ether oxygens (including phenoxy) is 1. The summed E-state index contributed by atoms with van der Waals surface area (Å²) in [6.45, 7) is 6.52. The van der Waals surface area contributed by atoms with Crippen molar-refractivity contribution in [3.63, 3.8) is 0 Å². The molecule has 5 heteroatoms. The van der Waals surface area contributed by atoms with Crippen LogP contribution >= 0.6 is 0 Å². The molecule has 3 rings (SSSR count). The molecular weight excluding hydrogens is 330 g/mol. The number of furan rings is 2. The molecule has 26 heavy (non-hydrogen) atoms. The number of para-hydroxylation sites is 1. The van der Waals surface area contributed by atoms with Gasteiger partial charge in [-0.05, 0) is 56.2 Å². The minimum absolute atomic E-state index is 0.0356. The molecular formula is C21H23NO4. The zero-order valence-electron chi connectivity index (χ0n) is 15.3. The first-order valence-corrected chi connectivity index (χ1v) is 8.57. The van der Waals surface area contributed by atoms with E-state index in [0.717, 1.165) is 28.4 Å². The predicted octanol–water partition coefficient (Wildman–Crippen LogP) is 4.41. The topological polar surface area (TPSA) is 55.8 Å². The van der Waals surface area contributed by atoms with E-state index in [9.17, 15) is 4.79 Å². The Kier molecular flexibility index (Phi) is 5.46. The van der Waals surface area contributed by atoms with Crippen LogP contribution in [0.1, 0.15) is 28.4 Å². The molecule has 1 aromatic carbocycles. The summed E-state index contributed by atoms with van der Waals surface area (Å²) < 4.78 is 16.8. The molecule has 0 saturated carbocycles. The molecule has 0 spiro atoms. The summed E-state index contributed by atoms with van der Waals surface area (Å²) in [4.78, 5) is 14.5. The Bertz CT molecular complexity index is 844. The molecule has 2 heterocycles. The van der Waals surface area contributed by atoms with E-state index in [-0.39, 0.29) is 12.5 Å². The molecule has 2 aromatic heterocycles. The first kappa shape index (κ1) is 17.9. The normalized spacial score (nSPS) is 10.7. The average molecular weight is 353 g/mol. The molecule has 5 nitrogen and oxygen atoms in total. The number of carbonyl (C=O) groups excluding carboxylic acids is 1. The second-order valence-electron chi connectivity index (χ2n) is 6.35. The quantitative estimate of drug-likeness (QED) is 0.631. The van der Waals surface area contributed by atoms with Crippen molar-refractivity contribution in [3.05, 3.63) is 77.1 Å². The molecule has 0 radical (unpaired) electrons. The molecule has 3 aromatic rings. The average Bonchev–Trinajstić information content (AvgIpc) is 3.25. The van der Waals surface area contributed by atoms with Crippen molar-refractivity contribution in [1.82, 2.24) is 4.90 Å². The fourth-order valence-corrected chi connectivity index (χ4v) is 2.83. The van der Waals surface area contributed by atoms with E-state index >= 15 is 0 Å². The van der Waals surface area contributed by atoms with Gasteiger partial charge in [0.2, 0.25) is 0 Å². The lowest BCUT2D eigenvalue weighted by atomic mass is 10.1. The van der Waals surface area contributed by atoms with E-state index in [1.807, 2.05) is 63.2 Å². The first-order chi connectivity index (χ1) is 12.5. The Balaban J connectivity index is 1.71. The number of benzene rings is 1. The van der Waals surface area contributed by atoms with Crippen LogP contribution in [0.2, 0.25) is 0 Å². The van der Waals surface area contributed by atoms with E-state index in [1.165, 1.54) is 0 Å². The molecule has 0 aliphatic rings. The molecule has 0 atom stereocenters. The van der Waals surface area contributed by atoms with Crippen molar-refractivity contribution in [2.45, 2.75) is 33.9 Å². The fraction of sp³-hybridized carbons (Fsp3) is 0.286. The zero-order valence-corrected chi connectivity index (χ0v) is 15.3. The summed E-state index contributed by atoms with van der Waals surface area (Å²) in [6, 6.07) is 13.3. The van der Waals surface area contributed by atoms with Crippen LogP contribution in [0.5, 0.6) is 5.75 Å². The Hall–Kier alpha value is -2.95. The molecule has 1 amide bonds. The van der Waals surface area contributed by atoms with Crippen molar-refractivity contribution in [2.75, 3.05) is 6.61 Å². The third-order valence-electron chi connectivity index (χ3n) is 4.17. The van der Waals surface area contributed by atoms with Crippen LogP contribution in [0.3, 0.4) is 0 Å². The Labute approximate surface area is 153 Å². The minimum atomic E-state index is -0.127. The Morgan fingerprint density at radius 3 is 2.31 bits per heavy atom. The van der Waals surface area contributed by atoms with Gasteiger partial charge in [-0.15, -0.1) is 0 Å². The van der Waals surface area contributed by atoms with Crippen molar-refractivity contribution in [3.8, 4) is 5.75 Å². The smallest absolute Gasteiger partial charge is 0.261 e. The molecule has 0 unspecified atom stereocenters. The predicted molar refractivity (Wildman–Crippen MR) is 97.8 cm³/mol. The monoisotopic (exact) mass is 353 g/mol. The maximum atomic E-state index is 12.8. The standard InChI is InChI=1S/C21H23NO4/c1-15-6-4-7-16(2)21(15)25-14-20(23)22(12-18-8-5-11-24-18)13-19-10-9-17(3)26-19/h4-11H,12-14H2,1-3H3. The lowest BCUT2D eigenvalue weighted by molar-refractivity contribution is -0.135. The molecule has 0 aliphatic carbocycles. The first-order valence-electron chi connectivity index (χ1n) is 8.57. The minimum Gasteiger partial charge on any atom is -0.483 e. The van der Waals surface area contributed by atoms with Gasteiger partial charge in [-0.1, -0.05) is 18.2 Å². The van der Waals surface area contributed by atoms with Crippen LogP contribution < -0.4 is 4.74 Å². The highest BCUT2D eigenvalue weighted by Gasteiger charge is 2.19. The van der Waals surface area contributed by atoms with Gasteiger partial charge in [-0.3, -0.25) is 4.79 Å². The molecule has 0 N–H and O–H groups in total. The number of hydrogen-bond acceptors (Lipinski definition) is 4. The van der Waals surface area contributed by atoms with Crippen LogP contribution in [0.25, 0.3) is 0 Å². The lowest BCUT2D eigenvalue weighted by Crippen LogP contribution is -2.34. The number of hydrogen-bond donors (Lipinski definition) is 0. The Morgan fingerprint density at radius 2 is 1.69 bits per heavy atom. The molecule has 0 saturated heterocycles. The third-order valence-corrected chi connectivity index (χ3v) is 4.17. The molecule has 0 aliphatic heterocycles. The highest BCUT2D eigenvalue weighted by Crippen LogP contribution is 2.22. The van der Waals surface area contributed by atoms with Crippen LogP contribution in [0.4, 0.5) is 0 Å². The molecule has 136 valence electrons. The van der Waals surface area contributed by atoms with E-state index < -0.39 is 0 Å². The molecule has 0 fully saturated rings. The van der Waals surface area contributed by atoms with E-state index in [1.54, 1.807) is 11.2 Å². The number of rotatable bonds is 7. The van der Waals surface area contributed by atoms with Gasteiger partial charge < -0.3 is 18.5 Å². The lowest BCUT2D eigenvalue weighted by Gasteiger charge is -2.21. The Morgan fingerprint density at radius 1 is 0.962 bits per heavy atom. The largest absolute Gasteiger partial charge is 0.483 e. The summed E-state index contributed by atoms with van der Waals surface area (Å²) >= 11 is 0. The summed E-state index contributed by atoms with van der Waals surface area (Å²) in [5.41, 5.74) is 2.02. The number of carbonyl (C=O) groups is 1. The van der Waals surface area contributed by atoms with E-state index in [4.69, 9.17) is 13.6 Å². The van der Waals surface area contributed by atoms with Crippen molar-refractivity contribution in [2.24, 2.45) is 0 Å². The van der Waals surface area contributed by atoms with Gasteiger partial charge in [0, 0.05) is 0 Å². The van der Waals surface area contributed by atoms with Crippen LogP contribution in [0, 0.1) is 20.8 Å². The van der Waals surface area contributed by atoms with Crippen molar-refractivity contribution >= 4 is 5.91 Å². The van der Waals surface area contributed by atoms with Gasteiger partial charge >= 0.3 is 0 Å². The summed E-state index contributed by atoms with van der Waals surface area (Å²) in [5, 5.41) is 0. The second-order valence-corrected chi connectivity index (χ2v) is 6.35. The van der Waals surface area contributed by atoms with Gasteiger partial charge in [0.1, 0.15) is 23.0 Å². The number of nitrogens with zero attached hydrogens (tertiary/aromatic N) is 1. The van der Waals surface area contributed by atoms with Gasteiger partial charge in [0.25, 0.3) is 5.91 Å². The maximum absolute atomic E-state index is 12.8. The zero-order chi connectivity index (χ0) is 18.5. The van der Waals surface area contributed by atoms with Gasteiger partial charge in [0.05, 0.1) is 19.4 Å². The molecule has 0 bridgehead atoms. The van der Waals surface area contributed by atoms with Gasteiger partial charge in [-0.2, -0.15) is 0 Å². The highest BCUT2D eigenvalue weighted by atomic mass is 16.5. The summed E-state index contributed by atoms with van der Waals surface area (Å²) in [7, 11) is 0. The van der Waals surface area contributed by atoms with Gasteiger partial charge in [-0.25, -0.2) is 0 Å².